The molecule has 1 N–H and O–H groups in total. The second kappa shape index (κ2) is 6.40. The Morgan fingerprint density at radius 2 is 2.16 bits per heavy atom. The van der Waals surface area contributed by atoms with Gasteiger partial charge in [0.25, 0.3) is 0 Å². The minimum absolute atomic E-state index is 0.0786. The Morgan fingerprint density at radius 1 is 1.42 bits per heavy atom. The van der Waals surface area contributed by atoms with Crippen molar-refractivity contribution in [2.75, 3.05) is 13.7 Å². The molecule has 0 aliphatic heterocycles. The monoisotopic (exact) mass is 257 g/mol. The number of aliphatic hydroxyl groups excluding tert-OH is 1. The maximum atomic E-state index is 11.9. The third-order valence-corrected chi connectivity index (χ3v) is 3.19. The van der Waals surface area contributed by atoms with Gasteiger partial charge in [0, 0.05) is 31.5 Å². The first kappa shape index (κ1) is 13.6. The van der Waals surface area contributed by atoms with Gasteiger partial charge in [0.2, 0.25) is 5.91 Å². The summed E-state index contributed by atoms with van der Waals surface area (Å²) >= 11 is 0. The lowest BCUT2D eigenvalue weighted by atomic mass is 10.1. The first-order chi connectivity index (χ1) is 9.22. The summed E-state index contributed by atoms with van der Waals surface area (Å²) < 4.78 is 0. The minimum Gasteiger partial charge on any atom is -0.395 e. The van der Waals surface area contributed by atoms with Gasteiger partial charge in [-0.15, -0.1) is 0 Å². The molecule has 0 atom stereocenters. The van der Waals surface area contributed by atoms with E-state index in [0.717, 1.165) is 24.0 Å². The smallest absolute Gasteiger partial charge is 0.225 e. The number of hydrogen-bond donors (Lipinski definition) is 1. The third-order valence-electron chi connectivity index (χ3n) is 3.19. The van der Waals surface area contributed by atoms with Gasteiger partial charge in [0.15, 0.2) is 0 Å². The Morgan fingerprint density at radius 3 is 2.84 bits per heavy atom. The molecule has 0 bridgehead atoms. The number of nitrogens with zero attached hydrogens (tertiary/aromatic N) is 1. The largest absolute Gasteiger partial charge is 0.395 e. The number of benzene rings is 1. The highest BCUT2D eigenvalue weighted by molar-refractivity contribution is 5.80. The van der Waals surface area contributed by atoms with Crippen molar-refractivity contribution in [3.8, 4) is 11.8 Å². The maximum Gasteiger partial charge on any atom is 0.225 e. The molecule has 3 heteroatoms. The van der Waals surface area contributed by atoms with Crippen LogP contribution in [0, 0.1) is 17.8 Å². The predicted octanol–water partition coefficient (Wildman–Crippen LogP) is 1.79. The van der Waals surface area contributed by atoms with Crippen LogP contribution in [0.15, 0.2) is 24.3 Å². The zero-order valence-electron chi connectivity index (χ0n) is 11.2. The summed E-state index contributed by atoms with van der Waals surface area (Å²) in [6, 6.07) is 7.85. The maximum absolute atomic E-state index is 11.9. The zero-order chi connectivity index (χ0) is 13.7. The molecule has 0 unspecified atom stereocenters. The predicted molar refractivity (Wildman–Crippen MR) is 74.2 cm³/mol. The zero-order valence-corrected chi connectivity index (χ0v) is 11.2. The van der Waals surface area contributed by atoms with Crippen molar-refractivity contribution >= 4 is 5.91 Å². The quantitative estimate of drug-likeness (QED) is 0.835. The van der Waals surface area contributed by atoms with Crippen LogP contribution >= 0.6 is 0 Å². The van der Waals surface area contributed by atoms with E-state index in [1.54, 1.807) is 4.90 Å². The highest BCUT2D eigenvalue weighted by Crippen LogP contribution is 2.31. The molecule has 1 aliphatic rings. The van der Waals surface area contributed by atoms with Crippen LogP contribution in [0.25, 0.3) is 0 Å². The van der Waals surface area contributed by atoms with Crippen molar-refractivity contribution in [3.63, 3.8) is 0 Å². The molecule has 2 rings (SSSR count). The van der Waals surface area contributed by atoms with Crippen molar-refractivity contribution in [2.24, 2.45) is 5.92 Å². The average molecular weight is 257 g/mol. The Balaban J connectivity index is 2.07. The second-order valence-corrected chi connectivity index (χ2v) is 4.90. The Hall–Kier alpha value is -1.79. The van der Waals surface area contributed by atoms with Gasteiger partial charge >= 0.3 is 0 Å². The van der Waals surface area contributed by atoms with E-state index in [4.69, 9.17) is 5.11 Å². The molecule has 1 saturated carbocycles. The molecule has 3 nitrogen and oxygen atoms in total. The molecule has 19 heavy (non-hydrogen) atoms. The van der Waals surface area contributed by atoms with Crippen molar-refractivity contribution in [1.29, 1.82) is 0 Å². The lowest BCUT2D eigenvalue weighted by Crippen LogP contribution is -2.27. The van der Waals surface area contributed by atoms with Gasteiger partial charge in [0.05, 0.1) is 6.61 Å². The normalized spacial score (nSPS) is 13.6. The van der Waals surface area contributed by atoms with E-state index in [1.807, 2.05) is 31.3 Å². The number of aliphatic hydroxyl groups is 1. The van der Waals surface area contributed by atoms with Gasteiger partial charge in [-0.2, -0.15) is 0 Å². The number of carbonyl (C=O) groups is 1. The number of rotatable bonds is 4. The first-order valence-electron chi connectivity index (χ1n) is 6.65. The minimum atomic E-state index is 0.0786. The van der Waals surface area contributed by atoms with Crippen LogP contribution in [0.5, 0.6) is 0 Å². The average Bonchev–Trinajstić information content (AvgIpc) is 3.24. The van der Waals surface area contributed by atoms with Crippen LogP contribution in [0.3, 0.4) is 0 Å². The summed E-state index contributed by atoms with van der Waals surface area (Å²) in [5, 5.41) is 8.74. The third kappa shape index (κ3) is 3.84. The topological polar surface area (TPSA) is 40.5 Å². The van der Waals surface area contributed by atoms with Crippen molar-refractivity contribution in [1.82, 2.24) is 4.90 Å². The van der Waals surface area contributed by atoms with Crippen molar-refractivity contribution in [2.45, 2.75) is 25.8 Å². The first-order valence-corrected chi connectivity index (χ1v) is 6.65. The van der Waals surface area contributed by atoms with Gasteiger partial charge in [-0.25, -0.2) is 0 Å². The SMILES string of the molecule is CN(Cc1ccccc1C#CCCO)C(=O)C1CC1. The fourth-order valence-corrected chi connectivity index (χ4v) is 1.97. The van der Waals surface area contributed by atoms with E-state index in [-0.39, 0.29) is 18.4 Å². The lowest BCUT2D eigenvalue weighted by Gasteiger charge is -2.17. The molecule has 100 valence electrons. The summed E-state index contributed by atoms with van der Waals surface area (Å²) in [6.45, 7) is 0.675. The molecule has 1 fully saturated rings. The van der Waals surface area contributed by atoms with E-state index in [9.17, 15) is 4.79 Å². The molecular weight excluding hydrogens is 238 g/mol. The summed E-state index contributed by atoms with van der Waals surface area (Å²) in [5.74, 6) is 6.46. The summed E-state index contributed by atoms with van der Waals surface area (Å²) in [7, 11) is 1.85. The van der Waals surface area contributed by atoms with E-state index < -0.39 is 0 Å². The Kier molecular flexibility index (Phi) is 4.59. The molecule has 0 spiro atoms. The lowest BCUT2D eigenvalue weighted by molar-refractivity contribution is -0.131. The fourth-order valence-electron chi connectivity index (χ4n) is 1.97. The molecule has 0 aromatic heterocycles. The van der Waals surface area contributed by atoms with Crippen LogP contribution < -0.4 is 0 Å². The molecule has 1 aromatic carbocycles. The number of hydrogen-bond acceptors (Lipinski definition) is 2. The Labute approximate surface area is 114 Å². The van der Waals surface area contributed by atoms with Crippen LogP contribution in [0.4, 0.5) is 0 Å². The highest BCUT2D eigenvalue weighted by atomic mass is 16.2. The van der Waals surface area contributed by atoms with E-state index in [0.29, 0.717) is 13.0 Å². The van der Waals surface area contributed by atoms with Gasteiger partial charge in [0.1, 0.15) is 0 Å². The highest BCUT2D eigenvalue weighted by Gasteiger charge is 2.31. The molecule has 1 aliphatic carbocycles. The summed E-state index contributed by atoms with van der Waals surface area (Å²) in [6.07, 6.45) is 2.54. The molecule has 1 amide bonds. The van der Waals surface area contributed by atoms with E-state index in [2.05, 4.69) is 11.8 Å². The molecule has 0 radical (unpaired) electrons. The van der Waals surface area contributed by atoms with Crippen LogP contribution in [-0.2, 0) is 11.3 Å². The van der Waals surface area contributed by atoms with Crippen LogP contribution in [0.1, 0.15) is 30.4 Å². The fraction of sp³-hybridized carbons (Fsp3) is 0.438. The molecule has 1 aromatic rings. The van der Waals surface area contributed by atoms with Gasteiger partial charge < -0.3 is 10.0 Å². The van der Waals surface area contributed by atoms with Crippen LogP contribution in [0.2, 0.25) is 0 Å². The van der Waals surface area contributed by atoms with Gasteiger partial charge in [-0.1, -0.05) is 30.0 Å². The van der Waals surface area contributed by atoms with Crippen molar-refractivity contribution < 1.29 is 9.90 Å². The molecular formula is C16H19NO2. The van der Waals surface area contributed by atoms with E-state index in [1.165, 1.54) is 0 Å². The standard InChI is InChI=1S/C16H19NO2/c1-17(16(19)14-9-10-14)12-15-8-3-2-6-13(15)7-4-5-11-18/h2-3,6,8,14,18H,5,9-12H2,1H3. The number of carbonyl (C=O) groups excluding carboxylic acids is 1. The number of amides is 1. The summed E-state index contributed by atoms with van der Waals surface area (Å²) in [4.78, 5) is 13.7. The van der Waals surface area contributed by atoms with Crippen LogP contribution in [-0.4, -0.2) is 29.6 Å². The Bertz CT molecular complexity index is 509. The summed E-state index contributed by atoms with van der Waals surface area (Å²) in [5.41, 5.74) is 2.00. The molecule has 0 saturated heterocycles. The van der Waals surface area contributed by atoms with Crippen molar-refractivity contribution in [3.05, 3.63) is 35.4 Å². The molecule has 0 heterocycles. The van der Waals surface area contributed by atoms with E-state index >= 15 is 0 Å². The van der Waals surface area contributed by atoms with Gasteiger partial charge in [-0.05, 0) is 24.5 Å². The second-order valence-electron chi connectivity index (χ2n) is 4.90. The van der Waals surface area contributed by atoms with Gasteiger partial charge in [-0.3, -0.25) is 4.79 Å².